The molecule has 1 heterocycles. The third kappa shape index (κ3) is 2.47. The summed E-state index contributed by atoms with van der Waals surface area (Å²) in [5.41, 5.74) is 0. The summed E-state index contributed by atoms with van der Waals surface area (Å²) in [6.07, 6.45) is 0.955. The molecular weight excluding hydrogens is 178 g/mol. The maximum absolute atomic E-state index is 10.7. The number of urea groups is 2. The Bertz CT molecular complexity index is 278. The van der Waals surface area contributed by atoms with Crippen LogP contribution in [0.4, 0.5) is 9.59 Å². The third-order valence-corrected chi connectivity index (χ3v) is 1.19. The first-order valence-electron chi connectivity index (χ1n) is 3.30. The van der Waals surface area contributed by atoms with Gasteiger partial charge < -0.3 is 4.74 Å². The van der Waals surface area contributed by atoms with Crippen molar-refractivity contribution in [1.29, 1.82) is 0 Å². The molecule has 3 N–H and O–H groups in total. The number of imide groups is 1. The van der Waals surface area contributed by atoms with Gasteiger partial charge in [0.25, 0.3) is 0 Å². The van der Waals surface area contributed by atoms with Crippen LogP contribution in [0.5, 0.6) is 0 Å². The fraction of sp³-hybridized carbons (Fsp3) is 0.167. The van der Waals surface area contributed by atoms with E-state index in [1.807, 2.05) is 5.32 Å². The van der Waals surface area contributed by atoms with Crippen molar-refractivity contribution in [2.45, 2.75) is 0 Å². The number of methoxy groups -OCH3 is 1. The first-order chi connectivity index (χ1) is 6.11. The fourth-order valence-electron chi connectivity index (χ4n) is 0.690. The Morgan fingerprint density at radius 2 is 1.77 bits per heavy atom. The topological polar surface area (TPSA) is 96.5 Å². The Balaban J connectivity index is 2.70. The summed E-state index contributed by atoms with van der Waals surface area (Å²) in [6, 6.07) is -1.39. The first-order valence-corrected chi connectivity index (χ1v) is 3.30. The van der Waals surface area contributed by atoms with Crippen molar-refractivity contribution in [1.82, 2.24) is 16.0 Å². The van der Waals surface area contributed by atoms with Crippen LogP contribution in [0, 0.1) is 0 Å². The second-order valence-electron chi connectivity index (χ2n) is 2.11. The van der Waals surface area contributed by atoms with Crippen molar-refractivity contribution in [2.24, 2.45) is 0 Å². The second kappa shape index (κ2) is 3.57. The van der Waals surface area contributed by atoms with Crippen LogP contribution in [0.1, 0.15) is 0 Å². The van der Waals surface area contributed by atoms with Gasteiger partial charge in [0.15, 0.2) is 0 Å². The van der Waals surface area contributed by atoms with E-state index in [1.165, 1.54) is 7.11 Å². The average Bonchev–Trinajstić information content (AvgIpc) is 2.02. The van der Waals surface area contributed by atoms with E-state index in [9.17, 15) is 14.4 Å². The van der Waals surface area contributed by atoms with Crippen LogP contribution in [0.25, 0.3) is 0 Å². The number of hydrogen-bond donors (Lipinski definition) is 3. The molecule has 1 fully saturated rings. The monoisotopic (exact) mass is 185 g/mol. The van der Waals surface area contributed by atoms with Gasteiger partial charge in [-0.15, -0.1) is 0 Å². The van der Waals surface area contributed by atoms with Crippen LogP contribution in [-0.4, -0.2) is 25.1 Å². The van der Waals surface area contributed by atoms with Gasteiger partial charge in [-0.25, -0.2) is 14.4 Å². The molecule has 0 aliphatic carbocycles. The van der Waals surface area contributed by atoms with Crippen LogP contribution in [0.3, 0.4) is 0 Å². The lowest BCUT2D eigenvalue weighted by Gasteiger charge is -2.16. The molecule has 1 aliphatic heterocycles. The molecule has 0 aromatic heterocycles. The molecule has 0 saturated carbocycles. The highest BCUT2D eigenvalue weighted by molar-refractivity contribution is 5.99. The van der Waals surface area contributed by atoms with Gasteiger partial charge in [-0.1, -0.05) is 0 Å². The predicted molar refractivity (Wildman–Crippen MR) is 40.3 cm³/mol. The standard InChI is InChI=1S/C6H7N3O4/c1-13-4(10)2-3-7-5(11)9-6(12)8-3/h2H,1H3,(H3,7,8,9,11,12). The summed E-state index contributed by atoms with van der Waals surface area (Å²) in [6.45, 7) is 0. The van der Waals surface area contributed by atoms with E-state index in [4.69, 9.17) is 0 Å². The quantitative estimate of drug-likeness (QED) is 0.361. The lowest BCUT2D eigenvalue weighted by molar-refractivity contribution is -0.134. The lowest BCUT2D eigenvalue weighted by Crippen LogP contribution is -2.53. The second-order valence-corrected chi connectivity index (χ2v) is 2.11. The van der Waals surface area contributed by atoms with Crippen molar-refractivity contribution in [3.05, 3.63) is 11.9 Å². The van der Waals surface area contributed by atoms with E-state index in [2.05, 4.69) is 15.4 Å². The highest BCUT2D eigenvalue weighted by Gasteiger charge is 2.17. The number of esters is 1. The number of hydrogen-bond acceptors (Lipinski definition) is 4. The summed E-state index contributed by atoms with van der Waals surface area (Å²) in [5.74, 6) is -0.682. The Kier molecular flexibility index (Phi) is 2.48. The van der Waals surface area contributed by atoms with Gasteiger partial charge in [0.05, 0.1) is 13.2 Å². The van der Waals surface area contributed by atoms with E-state index in [1.54, 1.807) is 0 Å². The molecule has 7 heteroatoms. The number of carbonyl (C=O) groups excluding carboxylic acids is 3. The molecule has 0 aromatic rings. The zero-order valence-electron chi connectivity index (χ0n) is 6.71. The summed E-state index contributed by atoms with van der Waals surface area (Å²) >= 11 is 0. The molecule has 70 valence electrons. The third-order valence-electron chi connectivity index (χ3n) is 1.19. The smallest absolute Gasteiger partial charge is 0.334 e. The van der Waals surface area contributed by atoms with Crippen molar-refractivity contribution in [2.75, 3.05) is 7.11 Å². The molecule has 0 atom stereocenters. The number of rotatable bonds is 1. The molecule has 0 spiro atoms. The number of amides is 4. The Labute approximate surface area is 73.1 Å². The van der Waals surface area contributed by atoms with Gasteiger partial charge in [0, 0.05) is 0 Å². The van der Waals surface area contributed by atoms with Gasteiger partial charge in [-0.3, -0.25) is 16.0 Å². The molecule has 7 nitrogen and oxygen atoms in total. The zero-order chi connectivity index (χ0) is 9.84. The minimum atomic E-state index is -0.695. The molecule has 0 unspecified atom stereocenters. The van der Waals surface area contributed by atoms with Crippen LogP contribution < -0.4 is 16.0 Å². The first kappa shape index (κ1) is 9.04. The van der Waals surface area contributed by atoms with E-state index in [0.29, 0.717) is 0 Å². The highest BCUT2D eigenvalue weighted by Crippen LogP contribution is 1.90. The molecule has 1 saturated heterocycles. The highest BCUT2D eigenvalue weighted by atomic mass is 16.5. The minimum Gasteiger partial charge on any atom is -0.466 e. The maximum Gasteiger partial charge on any atom is 0.334 e. The zero-order valence-corrected chi connectivity index (χ0v) is 6.71. The Morgan fingerprint density at radius 3 is 2.23 bits per heavy atom. The summed E-state index contributed by atoms with van der Waals surface area (Å²) in [4.78, 5) is 32.0. The van der Waals surface area contributed by atoms with E-state index in [-0.39, 0.29) is 5.82 Å². The fourth-order valence-corrected chi connectivity index (χ4v) is 0.690. The van der Waals surface area contributed by atoms with Crippen LogP contribution in [-0.2, 0) is 9.53 Å². The minimum absolute atomic E-state index is 0.0133. The molecular formula is C6H7N3O4. The molecule has 0 radical (unpaired) electrons. The Hall–Kier alpha value is -2.05. The molecule has 1 aliphatic rings. The van der Waals surface area contributed by atoms with Crippen molar-refractivity contribution in [3.63, 3.8) is 0 Å². The van der Waals surface area contributed by atoms with E-state index < -0.39 is 18.0 Å². The van der Waals surface area contributed by atoms with Crippen LogP contribution in [0.15, 0.2) is 11.9 Å². The van der Waals surface area contributed by atoms with Gasteiger partial charge in [0.1, 0.15) is 5.82 Å². The van der Waals surface area contributed by atoms with Crippen molar-refractivity contribution >= 4 is 18.0 Å². The van der Waals surface area contributed by atoms with Crippen LogP contribution >= 0.6 is 0 Å². The largest absolute Gasteiger partial charge is 0.466 e. The Morgan fingerprint density at radius 1 is 1.23 bits per heavy atom. The summed E-state index contributed by atoms with van der Waals surface area (Å²) < 4.78 is 4.29. The van der Waals surface area contributed by atoms with E-state index >= 15 is 0 Å². The van der Waals surface area contributed by atoms with Crippen molar-refractivity contribution < 1.29 is 19.1 Å². The SMILES string of the molecule is COC(=O)C=C1NC(=O)NC(=O)N1. The number of nitrogens with one attached hydrogen (secondary N) is 3. The predicted octanol–water partition coefficient (Wildman–Crippen LogP) is -0.977. The van der Waals surface area contributed by atoms with Crippen LogP contribution in [0.2, 0.25) is 0 Å². The van der Waals surface area contributed by atoms with Gasteiger partial charge in [-0.2, -0.15) is 0 Å². The number of carbonyl (C=O) groups is 3. The van der Waals surface area contributed by atoms with Gasteiger partial charge in [0.2, 0.25) is 0 Å². The lowest BCUT2D eigenvalue weighted by atomic mass is 10.5. The van der Waals surface area contributed by atoms with Gasteiger partial charge >= 0.3 is 18.0 Å². The summed E-state index contributed by atoms with van der Waals surface area (Å²) in [5, 5.41) is 6.29. The maximum atomic E-state index is 10.7. The summed E-state index contributed by atoms with van der Waals surface area (Å²) in [7, 11) is 1.18. The van der Waals surface area contributed by atoms with Gasteiger partial charge in [-0.05, 0) is 0 Å². The average molecular weight is 185 g/mol. The molecule has 4 amide bonds. The molecule has 0 bridgehead atoms. The van der Waals surface area contributed by atoms with E-state index in [0.717, 1.165) is 6.08 Å². The normalized spacial score (nSPS) is 15.3. The molecule has 1 rings (SSSR count). The number of ether oxygens (including phenoxy) is 1. The molecule has 13 heavy (non-hydrogen) atoms. The molecule has 0 aromatic carbocycles. The van der Waals surface area contributed by atoms with Crippen molar-refractivity contribution in [3.8, 4) is 0 Å².